The van der Waals surface area contributed by atoms with Crippen LogP contribution in [0.2, 0.25) is 0 Å². The summed E-state index contributed by atoms with van der Waals surface area (Å²) in [5, 5.41) is 3.36. The van der Waals surface area contributed by atoms with Crippen LogP contribution in [0.3, 0.4) is 0 Å². The van der Waals surface area contributed by atoms with Crippen LogP contribution in [0, 0.1) is 12.8 Å². The highest BCUT2D eigenvalue weighted by molar-refractivity contribution is 7.89. The monoisotopic (exact) mass is 397 g/mol. The molecular formula is C19H31N3O4S. The summed E-state index contributed by atoms with van der Waals surface area (Å²) in [5.41, 5.74) is 1.24. The van der Waals surface area contributed by atoms with E-state index >= 15 is 0 Å². The van der Waals surface area contributed by atoms with Gasteiger partial charge >= 0.3 is 0 Å². The highest BCUT2D eigenvalue weighted by Crippen LogP contribution is 2.22. The Labute approximate surface area is 162 Å². The van der Waals surface area contributed by atoms with Crippen molar-refractivity contribution in [3.63, 3.8) is 0 Å². The van der Waals surface area contributed by atoms with Gasteiger partial charge in [0.25, 0.3) is 5.91 Å². The quantitative estimate of drug-likeness (QED) is 0.615. The van der Waals surface area contributed by atoms with Gasteiger partial charge in [0.1, 0.15) is 0 Å². The molecule has 0 bridgehead atoms. The molecule has 0 atom stereocenters. The van der Waals surface area contributed by atoms with Gasteiger partial charge in [-0.2, -0.15) is 0 Å². The highest BCUT2D eigenvalue weighted by atomic mass is 32.2. The van der Waals surface area contributed by atoms with Crippen molar-refractivity contribution < 1.29 is 17.9 Å². The van der Waals surface area contributed by atoms with E-state index in [9.17, 15) is 13.2 Å². The first-order valence-electron chi connectivity index (χ1n) is 9.48. The van der Waals surface area contributed by atoms with Crippen LogP contribution < -0.4 is 10.0 Å². The smallest absolute Gasteiger partial charge is 0.254 e. The molecule has 1 saturated heterocycles. The van der Waals surface area contributed by atoms with Crippen LogP contribution in [-0.2, 0) is 14.8 Å². The molecule has 2 rings (SSSR count). The predicted molar refractivity (Wildman–Crippen MR) is 105 cm³/mol. The van der Waals surface area contributed by atoms with Gasteiger partial charge in [-0.3, -0.25) is 4.79 Å². The SMILES string of the molecule is CCNCC1CCN(C(=O)c2cc(S(=O)(=O)NCCOC)ccc2C)CC1. The van der Waals surface area contributed by atoms with Crippen LogP contribution in [0.25, 0.3) is 0 Å². The van der Waals surface area contributed by atoms with Gasteiger partial charge in [0.15, 0.2) is 0 Å². The first-order valence-corrected chi connectivity index (χ1v) is 11.0. The maximum Gasteiger partial charge on any atom is 0.254 e. The van der Waals surface area contributed by atoms with E-state index in [1.807, 2.05) is 11.8 Å². The Hall–Kier alpha value is -1.48. The lowest BCUT2D eigenvalue weighted by Gasteiger charge is -2.32. The molecule has 1 fully saturated rings. The van der Waals surface area contributed by atoms with Crippen molar-refractivity contribution in [3.05, 3.63) is 29.3 Å². The molecule has 1 aromatic rings. The van der Waals surface area contributed by atoms with Crippen molar-refractivity contribution in [1.29, 1.82) is 0 Å². The summed E-state index contributed by atoms with van der Waals surface area (Å²) in [6.07, 6.45) is 1.93. The fourth-order valence-electron chi connectivity index (χ4n) is 3.22. The van der Waals surface area contributed by atoms with Crippen molar-refractivity contribution in [2.45, 2.75) is 31.6 Å². The van der Waals surface area contributed by atoms with Crippen LogP contribution in [0.15, 0.2) is 23.1 Å². The topological polar surface area (TPSA) is 87.7 Å². The summed E-state index contributed by atoms with van der Waals surface area (Å²) in [7, 11) is -2.15. The fourth-order valence-corrected chi connectivity index (χ4v) is 4.26. The number of carbonyl (C=O) groups is 1. The number of amides is 1. The number of aryl methyl sites for hydroxylation is 1. The van der Waals surface area contributed by atoms with Crippen molar-refractivity contribution in [2.75, 3.05) is 46.4 Å². The van der Waals surface area contributed by atoms with Crippen LogP contribution in [0.1, 0.15) is 35.7 Å². The molecule has 0 radical (unpaired) electrons. The third kappa shape index (κ3) is 6.00. The molecule has 1 aliphatic heterocycles. The number of rotatable bonds is 9. The zero-order valence-corrected chi connectivity index (χ0v) is 17.3. The minimum atomic E-state index is -3.66. The molecule has 8 heteroatoms. The maximum absolute atomic E-state index is 13.0. The number of hydrogen-bond acceptors (Lipinski definition) is 5. The van der Waals surface area contributed by atoms with Gasteiger partial charge in [-0.05, 0) is 56.5 Å². The molecule has 0 unspecified atom stereocenters. The van der Waals surface area contributed by atoms with Gasteiger partial charge in [0.05, 0.1) is 11.5 Å². The average molecular weight is 398 g/mol. The van der Waals surface area contributed by atoms with Crippen LogP contribution >= 0.6 is 0 Å². The number of likely N-dealkylation sites (tertiary alicyclic amines) is 1. The molecule has 0 spiro atoms. The summed E-state index contributed by atoms with van der Waals surface area (Å²) in [4.78, 5) is 14.9. The average Bonchev–Trinajstić information content (AvgIpc) is 2.66. The molecule has 1 aliphatic rings. The van der Waals surface area contributed by atoms with Crippen LogP contribution in [0.4, 0.5) is 0 Å². The number of hydrogen-bond donors (Lipinski definition) is 2. The Morgan fingerprint density at radius 3 is 2.63 bits per heavy atom. The van der Waals surface area contributed by atoms with Gasteiger partial charge in [-0.1, -0.05) is 13.0 Å². The first-order chi connectivity index (χ1) is 12.9. The number of benzene rings is 1. The van der Waals surface area contributed by atoms with E-state index in [1.165, 1.54) is 19.2 Å². The minimum Gasteiger partial charge on any atom is -0.383 e. The summed E-state index contributed by atoms with van der Waals surface area (Å²) in [6.45, 7) is 7.76. The van der Waals surface area contributed by atoms with Crippen LogP contribution in [-0.4, -0.2) is 65.7 Å². The summed E-state index contributed by atoms with van der Waals surface area (Å²) < 4.78 is 32.2. The molecule has 1 aromatic carbocycles. The van der Waals surface area contributed by atoms with E-state index in [4.69, 9.17) is 4.74 Å². The lowest BCUT2D eigenvalue weighted by Crippen LogP contribution is -2.41. The second-order valence-corrected chi connectivity index (χ2v) is 8.68. The predicted octanol–water partition coefficient (Wildman–Crippen LogP) is 1.38. The fraction of sp³-hybridized carbons (Fsp3) is 0.632. The largest absolute Gasteiger partial charge is 0.383 e. The molecule has 0 saturated carbocycles. The van der Waals surface area contributed by atoms with E-state index in [-0.39, 0.29) is 17.3 Å². The molecule has 27 heavy (non-hydrogen) atoms. The van der Waals surface area contributed by atoms with E-state index < -0.39 is 10.0 Å². The maximum atomic E-state index is 13.0. The number of nitrogens with one attached hydrogen (secondary N) is 2. The van der Waals surface area contributed by atoms with Gasteiger partial charge in [0, 0.05) is 32.3 Å². The molecule has 1 heterocycles. The van der Waals surface area contributed by atoms with Crippen molar-refractivity contribution in [2.24, 2.45) is 5.92 Å². The van der Waals surface area contributed by atoms with Gasteiger partial charge in [-0.15, -0.1) is 0 Å². The van der Waals surface area contributed by atoms with E-state index in [0.717, 1.165) is 31.5 Å². The summed E-state index contributed by atoms with van der Waals surface area (Å²) >= 11 is 0. The highest BCUT2D eigenvalue weighted by Gasteiger charge is 2.25. The summed E-state index contributed by atoms with van der Waals surface area (Å²) in [6, 6.07) is 4.71. The Bertz CT molecular complexity index is 728. The van der Waals surface area contributed by atoms with Crippen molar-refractivity contribution in [1.82, 2.24) is 14.9 Å². The molecule has 7 nitrogen and oxygen atoms in total. The van der Waals surface area contributed by atoms with Crippen molar-refractivity contribution in [3.8, 4) is 0 Å². The molecule has 2 N–H and O–H groups in total. The number of ether oxygens (including phenoxy) is 1. The number of methoxy groups -OCH3 is 1. The number of sulfonamides is 1. The lowest BCUT2D eigenvalue weighted by atomic mass is 9.96. The second-order valence-electron chi connectivity index (χ2n) is 6.91. The molecule has 0 aliphatic carbocycles. The van der Waals surface area contributed by atoms with E-state index in [2.05, 4.69) is 17.0 Å². The lowest BCUT2D eigenvalue weighted by molar-refractivity contribution is 0.0689. The number of carbonyl (C=O) groups excluding carboxylic acids is 1. The third-order valence-corrected chi connectivity index (χ3v) is 6.39. The van der Waals surface area contributed by atoms with E-state index in [1.54, 1.807) is 6.07 Å². The second kappa shape index (κ2) is 10.2. The van der Waals surface area contributed by atoms with Gasteiger partial charge in [0.2, 0.25) is 10.0 Å². The Morgan fingerprint density at radius 1 is 1.30 bits per heavy atom. The molecular weight excluding hydrogens is 366 g/mol. The van der Waals surface area contributed by atoms with Crippen LogP contribution in [0.5, 0.6) is 0 Å². The Balaban J connectivity index is 2.08. The minimum absolute atomic E-state index is 0.0941. The molecule has 1 amide bonds. The number of piperidine rings is 1. The zero-order valence-electron chi connectivity index (χ0n) is 16.5. The van der Waals surface area contributed by atoms with Gasteiger partial charge in [-0.25, -0.2) is 13.1 Å². The van der Waals surface area contributed by atoms with Gasteiger partial charge < -0.3 is 15.0 Å². The zero-order chi connectivity index (χ0) is 19.9. The number of nitrogens with zero attached hydrogens (tertiary/aromatic N) is 1. The summed E-state index contributed by atoms with van der Waals surface area (Å²) in [5.74, 6) is 0.495. The Kier molecular flexibility index (Phi) is 8.22. The van der Waals surface area contributed by atoms with E-state index in [0.29, 0.717) is 31.2 Å². The Morgan fingerprint density at radius 2 is 2.00 bits per heavy atom. The standard InChI is InChI=1S/C19H31N3O4S/c1-4-20-14-16-7-10-22(11-8-16)19(23)18-13-17(6-5-15(18)2)27(24,25)21-9-12-26-3/h5-6,13,16,20-21H,4,7-12,14H2,1-3H3. The molecule has 152 valence electrons. The first kappa shape index (κ1) is 21.8. The molecule has 0 aromatic heterocycles. The normalized spacial score (nSPS) is 15.9. The van der Waals surface area contributed by atoms with Crippen molar-refractivity contribution >= 4 is 15.9 Å². The third-order valence-electron chi connectivity index (χ3n) is 4.93.